The number of hydrogen-bond donors (Lipinski definition) is 1. The van der Waals surface area contributed by atoms with Gasteiger partial charge in [-0.2, -0.15) is 0 Å². The maximum absolute atomic E-state index is 5.70. The third kappa shape index (κ3) is 1.76. The third-order valence-corrected chi connectivity index (χ3v) is 3.81. The van der Waals surface area contributed by atoms with Gasteiger partial charge in [0.25, 0.3) is 0 Å². The molecule has 0 aliphatic carbocycles. The Morgan fingerprint density at radius 1 is 1.12 bits per heavy atom. The maximum atomic E-state index is 5.70. The third-order valence-electron chi connectivity index (χ3n) is 3.81. The number of nitrogens with two attached hydrogens (primary N) is 1. The van der Waals surface area contributed by atoms with Crippen LogP contribution in [-0.2, 0) is 4.74 Å². The molecular formula is C13H18N2O. The van der Waals surface area contributed by atoms with Crippen LogP contribution < -0.4 is 10.6 Å². The van der Waals surface area contributed by atoms with E-state index in [0.717, 1.165) is 43.8 Å². The molecule has 0 radical (unpaired) electrons. The number of anilines is 2. The molecule has 0 spiro atoms. The molecule has 16 heavy (non-hydrogen) atoms. The molecule has 86 valence electrons. The molecule has 1 aromatic carbocycles. The van der Waals surface area contributed by atoms with Crippen molar-refractivity contribution in [3.63, 3.8) is 0 Å². The predicted molar refractivity (Wildman–Crippen MR) is 65.5 cm³/mol. The summed E-state index contributed by atoms with van der Waals surface area (Å²) in [5.74, 6) is 1.52. The Kier molecular flexibility index (Phi) is 2.48. The number of piperidine rings is 1. The summed E-state index contributed by atoms with van der Waals surface area (Å²) in [5.41, 5.74) is 7.83. The van der Waals surface area contributed by atoms with Crippen LogP contribution in [0.2, 0.25) is 0 Å². The number of benzene rings is 1. The van der Waals surface area contributed by atoms with Crippen LogP contribution in [0.4, 0.5) is 11.4 Å². The number of fused-ring (bicyclic) bond motifs is 1. The SMILES string of the molecule is Nc1ccc(N2CCC3COCC3C2)cc1. The molecule has 0 aromatic heterocycles. The van der Waals surface area contributed by atoms with Crippen molar-refractivity contribution in [1.29, 1.82) is 0 Å². The Hall–Kier alpha value is -1.22. The molecule has 3 heteroatoms. The van der Waals surface area contributed by atoms with Gasteiger partial charge in [0.05, 0.1) is 6.61 Å². The number of rotatable bonds is 1. The first-order valence-corrected chi connectivity index (χ1v) is 6.01. The lowest BCUT2D eigenvalue weighted by atomic mass is 9.88. The van der Waals surface area contributed by atoms with Crippen molar-refractivity contribution in [2.24, 2.45) is 11.8 Å². The van der Waals surface area contributed by atoms with Gasteiger partial charge < -0.3 is 15.4 Å². The normalized spacial score (nSPS) is 29.1. The first kappa shape index (κ1) is 9.97. The Balaban J connectivity index is 1.74. The highest BCUT2D eigenvalue weighted by Crippen LogP contribution is 2.31. The summed E-state index contributed by atoms with van der Waals surface area (Å²) in [6, 6.07) is 8.19. The second-order valence-corrected chi connectivity index (χ2v) is 4.88. The molecule has 3 rings (SSSR count). The first-order valence-electron chi connectivity index (χ1n) is 6.01. The second-order valence-electron chi connectivity index (χ2n) is 4.88. The van der Waals surface area contributed by atoms with Gasteiger partial charge in [-0.1, -0.05) is 0 Å². The van der Waals surface area contributed by atoms with Crippen molar-refractivity contribution >= 4 is 11.4 Å². The molecule has 0 saturated carbocycles. The van der Waals surface area contributed by atoms with Crippen LogP contribution in [0.5, 0.6) is 0 Å². The van der Waals surface area contributed by atoms with Crippen LogP contribution >= 0.6 is 0 Å². The largest absolute Gasteiger partial charge is 0.399 e. The zero-order chi connectivity index (χ0) is 11.0. The van der Waals surface area contributed by atoms with Crippen molar-refractivity contribution in [2.45, 2.75) is 6.42 Å². The molecule has 2 saturated heterocycles. The Morgan fingerprint density at radius 2 is 1.88 bits per heavy atom. The van der Waals surface area contributed by atoms with Gasteiger partial charge in [0.1, 0.15) is 0 Å². The van der Waals surface area contributed by atoms with Crippen molar-refractivity contribution in [2.75, 3.05) is 36.9 Å². The van der Waals surface area contributed by atoms with Crippen molar-refractivity contribution < 1.29 is 4.74 Å². The number of nitrogens with zero attached hydrogens (tertiary/aromatic N) is 1. The smallest absolute Gasteiger partial charge is 0.0514 e. The summed E-state index contributed by atoms with van der Waals surface area (Å²) < 4.78 is 5.55. The van der Waals surface area contributed by atoms with Gasteiger partial charge in [-0.3, -0.25) is 0 Å². The van der Waals surface area contributed by atoms with Gasteiger partial charge in [-0.25, -0.2) is 0 Å². The van der Waals surface area contributed by atoms with Crippen molar-refractivity contribution in [3.8, 4) is 0 Å². The average Bonchev–Trinajstić information content (AvgIpc) is 2.77. The maximum Gasteiger partial charge on any atom is 0.0514 e. The Labute approximate surface area is 96.2 Å². The van der Waals surface area contributed by atoms with Gasteiger partial charge in [0, 0.05) is 37.0 Å². The Bertz CT molecular complexity index is 363. The van der Waals surface area contributed by atoms with Crippen LogP contribution in [0.25, 0.3) is 0 Å². The number of nitrogen functional groups attached to an aromatic ring is 1. The van der Waals surface area contributed by atoms with E-state index in [-0.39, 0.29) is 0 Å². The highest BCUT2D eigenvalue weighted by Gasteiger charge is 2.33. The van der Waals surface area contributed by atoms with E-state index in [2.05, 4.69) is 17.0 Å². The zero-order valence-corrected chi connectivity index (χ0v) is 9.43. The van der Waals surface area contributed by atoms with Gasteiger partial charge >= 0.3 is 0 Å². The molecule has 2 unspecified atom stereocenters. The summed E-state index contributed by atoms with van der Waals surface area (Å²) in [4.78, 5) is 2.45. The molecule has 2 heterocycles. The van der Waals surface area contributed by atoms with Crippen LogP contribution in [0, 0.1) is 11.8 Å². The molecule has 2 aliphatic heterocycles. The zero-order valence-electron chi connectivity index (χ0n) is 9.43. The fourth-order valence-electron chi connectivity index (χ4n) is 2.78. The summed E-state index contributed by atoms with van der Waals surface area (Å²) in [7, 11) is 0. The lowest BCUT2D eigenvalue weighted by Gasteiger charge is -2.35. The lowest BCUT2D eigenvalue weighted by molar-refractivity contribution is 0.182. The minimum absolute atomic E-state index is 0.728. The summed E-state index contributed by atoms with van der Waals surface area (Å²) >= 11 is 0. The summed E-state index contributed by atoms with van der Waals surface area (Å²) in [5, 5.41) is 0. The van der Waals surface area contributed by atoms with E-state index in [9.17, 15) is 0 Å². The van der Waals surface area contributed by atoms with Gasteiger partial charge in [0.2, 0.25) is 0 Å². The second kappa shape index (κ2) is 3.98. The molecule has 2 N–H and O–H groups in total. The van der Waals surface area contributed by atoms with E-state index >= 15 is 0 Å². The molecule has 1 aromatic rings. The van der Waals surface area contributed by atoms with Crippen LogP contribution in [0.3, 0.4) is 0 Å². The fraction of sp³-hybridized carbons (Fsp3) is 0.538. The monoisotopic (exact) mass is 218 g/mol. The minimum atomic E-state index is 0.728. The van der Waals surface area contributed by atoms with E-state index in [1.807, 2.05) is 12.1 Å². The molecular weight excluding hydrogens is 200 g/mol. The van der Waals surface area contributed by atoms with E-state index in [1.54, 1.807) is 0 Å². The van der Waals surface area contributed by atoms with Crippen LogP contribution in [0.1, 0.15) is 6.42 Å². The molecule has 2 atom stereocenters. The van der Waals surface area contributed by atoms with E-state index in [1.165, 1.54) is 12.1 Å². The average molecular weight is 218 g/mol. The topological polar surface area (TPSA) is 38.5 Å². The van der Waals surface area contributed by atoms with Gasteiger partial charge in [-0.05, 0) is 36.6 Å². The minimum Gasteiger partial charge on any atom is -0.399 e. The molecule has 2 fully saturated rings. The summed E-state index contributed by atoms with van der Waals surface area (Å²) in [6.45, 7) is 4.19. The quantitative estimate of drug-likeness (QED) is 0.730. The molecule has 2 aliphatic rings. The van der Waals surface area contributed by atoms with E-state index in [4.69, 9.17) is 10.5 Å². The highest BCUT2D eigenvalue weighted by molar-refractivity contribution is 5.53. The first-order chi connectivity index (χ1) is 7.83. The van der Waals surface area contributed by atoms with E-state index < -0.39 is 0 Å². The van der Waals surface area contributed by atoms with Crippen molar-refractivity contribution in [1.82, 2.24) is 0 Å². The summed E-state index contributed by atoms with van der Waals surface area (Å²) in [6.07, 6.45) is 1.26. The van der Waals surface area contributed by atoms with Gasteiger partial charge in [-0.15, -0.1) is 0 Å². The molecule has 3 nitrogen and oxygen atoms in total. The van der Waals surface area contributed by atoms with E-state index in [0.29, 0.717) is 0 Å². The Morgan fingerprint density at radius 3 is 2.69 bits per heavy atom. The van der Waals surface area contributed by atoms with Crippen LogP contribution in [-0.4, -0.2) is 26.3 Å². The lowest BCUT2D eigenvalue weighted by Crippen LogP contribution is -2.39. The molecule has 0 bridgehead atoms. The highest BCUT2D eigenvalue weighted by atomic mass is 16.5. The fourth-order valence-corrected chi connectivity index (χ4v) is 2.78. The number of hydrogen-bond acceptors (Lipinski definition) is 3. The molecule has 0 amide bonds. The van der Waals surface area contributed by atoms with Gasteiger partial charge in [0.15, 0.2) is 0 Å². The predicted octanol–water partition coefficient (Wildman–Crippen LogP) is 1.74. The standard InChI is InChI=1S/C13H18N2O/c14-12-1-3-13(4-2-12)15-6-5-10-8-16-9-11(10)7-15/h1-4,10-11H,5-9,14H2. The van der Waals surface area contributed by atoms with Crippen LogP contribution in [0.15, 0.2) is 24.3 Å². The number of ether oxygens (including phenoxy) is 1. The van der Waals surface area contributed by atoms with Crippen molar-refractivity contribution in [3.05, 3.63) is 24.3 Å².